The molecule has 1 rings (SSSR count). The molecule has 3 heteroatoms. The average Bonchev–Trinajstić information content (AvgIpc) is 2.05. The Hall–Kier alpha value is -1.09. The molecule has 3 nitrogen and oxygen atoms in total. The molecule has 12 heavy (non-hydrogen) atoms. The van der Waals surface area contributed by atoms with Gasteiger partial charge in [0.05, 0.1) is 0 Å². The number of hydrogen-bond acceptors (Lipinski definition) is 3. The molecule has 1 heterocycles. The Morgan fingerprint density at radius 2 is 2.25 bits per heavy atom. The fourth-order valence-corrected chi connectivity index (χ4v) is 1.16. The first-order chi connectivity index (χ1) is 5.75. The number of rotatable bonds is 3. The minimum atomic E-state index is 0.862. The molecule has 0 unspecified atom stereocenters. The van der Waals surface area contributed by atoms with E-state index in [4.69, 9.17) is 0 Å². The third-order valence-corrected chi connectivity index (χ3v) is 1.66. The van der Waals surface area contributed by atoms with Crippen LogP contribution in [0.15, 0.2) is 18.3 Å². The molecule has 0 saturated heterocycles. The highest BCUT2D eigenvalue weighted by molar-refractivity contribution is 5.44. The van der Waals surface area contributed by atoms with Crippen LogP contribution in [-0.4, -0.2) is 26.1 Å². The van der Waals surface area contributed by atoms with Crippen LogP contribution in [0, 0.1) is 0 Å². The molecule has 0 fully saturated rings. The van der Waals surface area contributed by atoms with Crippen LogP contribution in [0.2, 0.25) is 0 Å². The zero-order valence-electron chi connectivity index (χ0n) is 7.83. The van der Waals surface area contributed by atoms with E-state index in [-0.39, 0.29) is 0 Å². The first-order valence-electron chi connectivity index (χ1n) is 4.01. The molecule has 0 atom stereocenters. The van der Waals surface area contributed by atoms with Crippen molar-refractivity contribution in [3.8, 4) is 0 Å². The van der Waals surface area contributed by atoms with Gasteiger partial charge in [-0.1, -0.05) is 6.07 Å². The molecule has 66 valence electrons. The van der Waals surface area contributed by atoms with Crippen LogP contribution in [0.3, 0.4) is 0 Å². The lowest BCUT2D eigenvalue weighted by molar-refractivity contribution is 0.808. The lowest BCUT2D eigenvalue weighted by Gasteiger charge is -2.15. The largest absolute Gasteiger partial charge is 0.362 e. The molecule has 0 spiro atoms. The van der Waals surface area contributed by atoms with E-state index in [1.54, 1.807) is 0 Å². The van der Waals surface area contributed by atoms with Gasteiger partial charge >= 0.3 is 0 Å². The van der Waals surface area contributed by atoms with Gasteiger partial charge in [0.1, 0.15) is 5.82 Å². The zero-order valence-corrected chi connectivity index (χ0v) is 7.83. The molecule has 1 N–H and O–H groups in total. The lowest BCUT2D eigenvalue weighted by atomic mass is 10.2. The highest BCUT2D eigenvalue weighted by Crippen LogP contribution is 2.13. The van der Waals surface area contributed by atoms with Crippen LogP contribution in [-0.2, 0) is 6.54 Å². The van der Waals surface area contributed by atoms with Gasteiger partial charge < -0.3 is 10.2 Å². The number of nitrogens with one attached hydrogen (secondary N) is 1. The van der Waals surface area contributed by atoms with Crippen molar-refractivity contribution in [2.24, 2.45) is 0 Å². The topological polar surface area (TPSA) is 28.2 Å². The smallest absolute Gasteiger partial charge is 0.132 e. The van der Waals surface area contributed by atoms with Gasteiger partial charge in [-0.3, -0.25) is 0 Å². The molecule has 0 aromatic carbocycles. The summed E-state index contributed by atoms with van der Waals surface area (Å²) in [5.74, 6) is 1.03. The monoisotopic (exact) mass is 165 g/mol. The summed E-state index contributed by atoms with van der Waals surface area (Å²) < 4.78 is 0. The van der Waals surface area contributed by atoms with Gasteiger partial charge in [0.2, 0.25) is 0 Å². The van der Waals surface area contributed by atoms with Crippen LogP contribution >= 0.6 is 0 Å². The van der Waals surface area contributed by atoms with Crippen LogP contribution in [0.4, 0.5) is 5.82 Å². The van der Waals surface area contributed by atoms with E-state index in [2.05, 4.69) is 16.4 Å². The van der Waals surface area contributed by atoms with E-state index in [0.29, 0.717) is 0 Å². The average molecular weight is 165 g/mol. The molecule has 1 aromatic heterocycles. The second-order valence-corrected chi connectivity index (χ2v) is 2.91. The Morgan fingerprint density at radius 3 is 2.83 bits per heavy atom. The Kier molecular flexibility index (Phi) is 3.05. The molecular formula is C9H15N3. The first-order valence-corrected chi connectivity index (χ1v) is 4.01. The maximum atomic E-state index is 4.28. The molecule has 1 aromatic rings. The van der Waals surface area contributed by atoms with Gasteiger partial charge in [0.25, 0.3) is 0 Å². The predicted molar refractivity (Wildman–Crippen MR) is 51.3 cm³/mol. The van der Waals surface area contributed by atoms with Gasteiger partial charge in [0, 0.05) is 32.4 Å². The van der Waals surface area contributed by atoms with Crippen molar-refractivity contribution >= 4 is 5.82 Å². The van der Waals surface area contributed by atoms with Crippen LogP contribution in [0.1, 0.15) is 5.56 Å². The normalized spacial score (nSPS) is 9.92. The molecule has 0 radical (unpaired) electrons. The fraction of sp³-hybridized carbons (Fsp3) is 0.444. The molecule has 0 aliphatic heterocycles. The van der Waals surface area contributed by atoms with E-state index in [1.807, 2.05) is 38.3 Å². The molecule has 0 amide bonds. The summed E-state index contributed by atoms with van der Waals surface area (Å²) in [5.41, 5.74) is 1.23. The Bertz CT molecular complexity index is 245. The molecule has 0 saturated carbocycles. The summed E-state index contributed by atoms with van der Waals surface area (Å²) in [4.78, 5) is 6.30. The lowest BCUT2D eigenvalue weighted by Crippen LogP contribution is -2.16. The van der Waals surface area contributed by atoms with Crippen molar-refractivity contribution < 1.29 is 0 Å². The van der Waals surface area contributed by atoms with Crippen molar-refractivity contribution in [1.82, 2.24) is 10.3 Å². The van der Waals surface area contributed by atoms with Gasteiger partial charge in [-0.25, -0.2) is 4.98 Å². The SMILES string of the molecule is CNCc1cccnc1N(C)C. The van der Waals surface area contributed by atoms with Gasteiger partial charge in [-0.05, 0) is 13.1 Å². The number of aromatic nitrogens is 1. The van der Waals surface area contributed by atoms with Crippen molar-refractivity contribution in [2.75, 3.05) is 26.0 Å². The van der Waals surface area contributed by atoms with E-state index in [1.165, 1.54) is 5.56 Å². The van der Waals surface area contributed by atoms with E-state index < -0.39 is 0 Å². The Balaban J connectivity index is 2.92. The number of hydrogen-bond donors (Lipinski definition) is 1. The van der Waals surface area contributed by atoms with E-state index in [9.17, 15) is 0 Å². The predicted octanol–water partition coefficient (Wildman–Crippen LogP) is 0.867. The van der Waals surface area contributed by atoms with Gasteiger partial charge in [-0.2, -0.15) is 0 Å². The zero-order chi connectivity index (χ0) is 8.97. The first kappa shape index (κ1) is 9.00. The van der Waals surface area contributed by atoms with Gasteiger partial charge in [-0.15, -0.1) is 0 Å². The Labute approximate surface area is 73.4 Å². The van der Waals surface area contributed by atoms with Crippen molar-refractivity contribution in [3.05, 3.63) is 23.9 Å². The second-order valence-electron chi connectivity index (χ2n) is 2.91. The summed E-state index contributed by atoms with van der Waals surface area (Å²) in [6, 6.07) is 4.04. The third kappa shape index (κ3) is 1.95. The highest BCUT2D eigenvalue weighted by atomic mass is 15.1. The highest BCUT2D eigenvalue weighted by Gasteiger charge is 2.02. The minimum absolute atomic E-state index is 0.862. The summed E-state index contributed by atoms with van der Waals surface area (Å²) in [6.45, 7) is 0.862. The summed E-state index contributed by atoms with van der Waals surface area (Å²) in [7, 11) is 5.94. The fourth-order valence-electron chi connectivity index (χ4n) is 1.16. The molecule has 0 aliphatic rings. The quantitative estimate of drug-likeness (QED) is 0.720. The van der Waals surface area contributed by atoms with Crippen molar-refractivity contribution in [3.63, 3.8) is 0 Å². The van der Waals surface area contributed by atoms with Crippen molar-refractivity contribution in [1.29, 1.82) is 0 Å². The van der Waals surface area contributed by atoms with Crippen LogP contribution < -0.4 is 10.2 Å². The Morgan fingerprint density at radius 1 is 1.50 bits per heavy atom. The number of anilines is 1. The van der Waals surface area contributed by atoms with Crippen LogP contribution in [0.25, 0.3) is 0 Å². The maximum absolute atomic E-state index is 4.28. The van der Waals surface area contributed by atoms with Crippen molar-refractivity contribution in [2.45, 2.75) is 6.54 Å². The van der Waals surface area contributed by atoms with E-state index >= 15 is 0 Å². The van der Waals surface area contributed by atoms with E-state index in [0.717, 1.165) is 12.4 Å². The maximum Gasteiger partial charge on any atom is 0.132 e. The molecular weight excluding hydrogens is 150 g/mol. The van der Waals surface area contributed by atoms with Crippen LogP contribution in [0.5, 0.6) is 0 Å². The summed E-state index contributed by atoms with van der Waals surface area (Å²) >= 11 is 0. The third-order valence-electron chi connectivity index (χ3n) is 1.66. The number of nitrogens with zero attached hydrogens (tertiary/aromatic N) is 2. The minimum Gasteiger partial charge on any atom is -0.362 e. The summed E-state index contributed by atoms with van der Waals surface area (Å²) in [5, 5.41) is 3.11. The molecule has 0 aliphatic carbocycles. The van der Waals surface area contributed by atoms with Gasteiger partial charge in [0.15, 0.2) is 0 Å². The number of pyridine rings is 1. The second kappa shape index (κ2) is 4.07. The standard InChI is InChI=1S/C9H15N3/c1-10-7-8-5-4-6-11-9(8)12(2)3/h4-6,10H,7H2,1-3H3. The summed E-state index contributed by atoms with van der Waals surface area (Å²) in [6.07, 6.45) is 1.81. The molecule has 0 bridgehead atoms.